The van der Waals surface area contributed by atoms with Crippen molar-refractivity contribution < 1.29 is 4.74 Å². The van der Waals surface area contributed by atoms with Crippen LogP contribution in [0.2, 0.25) is 0 Å². The summed E-state index contributed by atoms with van der Waals surface area (Å²) < 4.78 is 6.88. The minimum Gasteiger partial charge on any atom is -0.457 e. The molecule has 1 aliphatic heterocycles. The summed E-state index contributed by atoms with van der Waals surface area (Å²) in [6.45, 7) is 9.71. The van der Waals surface area contributed by atoms with Gasteiger partial charge in [-0.1, -0.05) is 125 Å². The molecule has 4 bridgehead atoms. The lowest BCUT2D eigenvalue weighted by Crippen LogP contribution is -2.57. The van der Waals surface area contributed by atoms with Crippen LogP contribution >= 0.6 is 0 Å². The van der Waals surface area contributed by atoms with Crippen LogP contribution in [0, 0.1) is 23.7 Å². The second-order valence-electron chi connectivity index (χ2n) is 19.2. The fraction of sp³-hybridized carbons (Fsp3) is 0.333. The molecule has 2 heteroatoms. The molecule has 6 aromatic rings. The number of hydrogen-bond donors (Lipinski definition) is 0. The molecule has 6 aromatic carbocycles. The van der Waals surface area contributed by atoms with Gasteiger partial charge in [0.15, 0.2) is 0 Å². The molecule has 0 N–H and O–H groups in total. The Labute approximate surface area is 333 Å². The number of hydrogen-bond acceptors (Lipinski definition) is 2. The number of anilines is 3. The summed E-state index contributed by atoms with van der Waals surface area (Å²) >= 11 is 0. The lowest BCUT2D eigenvalue weighted by Gasteiger charge is -2.63. The molecule has 1 heterocycles. The summed E-state index contributed by atoms with van der Waals surface area (Å²) in [5, 5.41) is 0. The highest BCUT2D eigenvalue weighted by atomic mass is 16.5. The second-order valence-corrected chi connectivity index (χ2v) is 19.2. The van der Waals surface area contributed by atoms with E-state index in [2.05, 4.69) is 172 Å². The molecule has 0 atom stereocenters. The first kappa shape index (κ1) is 34.2. The van der Waals surface area contributed by atoms with Crippen molar-refractivity contribution in [1.82, 2.24) is 0 Å². The van der Waals surface area contributed by atoms with Crippen molar-refractivity contribution in [3.8, 4) is 33.8 Å². The van der Waals surface area contributed by atoms with Crippen molar-refractivity contribution in [1.29, 1.82) is 0 Å². The Morgan fingerprint density at radius 2 is 1.05 bits per heavy atom. The molecular weight excluding hydrogens is 679 g/mol. The fourth-order valence-corrected chi connectivity index (χ4v) is 12.6. The molecule has 0 amide bonds. The van der Waals surface area contributed by atoms with Crippen LogP contribution in [0.25, 0.3) is 22.3 Å². The van der Waals surface area contributed by atoms with E-state index in [9.17, 15) is 0 Å². The molecule has 6 aliphatic rings. The quantitative estimate of drug-likeness (QED) is 0.175. The fourth-order valence-electron chi connectivity index (χ4n) is 12.6. The lowest BCUT2D eigenvalue weighted by molar-refractivity contribution is -0.0452. The lowest BCUT2D eigenvalue weighted by atomic mass is 9.42. The van der Waals surface area contributed by atoms with Gasteiger partial charge in [-0.15, -0.1) is 0 Å². The van der Waals surface area contributed by atoms with Crippen LogP contribution in [-0.2, 0) is 16.2 Å². The van der Waals surface area contributed by atoms with E-state index < -0.39 is 0 Å². The number of benzene rings is 6. The average molecular weight is 732 g/mol. The van der Waals surface area contributed by atoms with Gasteiger partial charge in [0.2, 0.25) is 0 Å². The van der Waals surface area contributed by atoms with Crippen LogP contribution in [-0.4, -0.2) is 0 Å². The molecule has 0 aromatic heterocycles. The molecule has 12 rings (SSSR count). The summed E-state index contributed by atoms with van der Waals surface area (Å²) in [6, 6.07) is 52.6. The van der Waals surface area contributed by atoms with Crippen LogP contribution in [0.3, 0.4) is 0 Å². The minimum absolute atomic E-state index is 0.0210. The largest absolute Gasteiger partial charge is 0.457 e. The first-order valence-electron chi connectivity index (χ1n) is 21.3. The summed E-state index contributed by atoms with van der Waals surface area (Å²) in [4.78, 5) is 2.53. The molecular formula is C54H53NO. The van der Waals surface area contributed by atoms with Gasteiger partial charge in [-0.05, 0) is 150 Å². The van der Waals surface area contributed by atoms with Crippen LogP contribution in [0.4, 0.5) is 17.1 Å². The van der Waals surface area contributed by atoms with E-state index in [0.717, 1.165) is 29.0 Å². The van der Waals surface area contributed by atoms with Crippen LogP contribution in [0.15, 0.2) is 140 Å². The third-order valence-corrected chi connectivity index (χ3v) is 15.2. The molecule has 5 aliphatic carbocycles. The van der Waals surface area contributed by atoms with Crippen molar-refractivity contribution in [3.05, 3.63) is 162 Å². The van der Waals surface area contributed by atoms with Gasteiger partial charge in [0.05, 0.1) is 5.69 Å². The molecule has 56 heavy (non-hydrogen) atoms. The van der Waals surface area contributed by atoms with E-state index in [1.807, 2.05) is 0 Å². The van der Waals surface area contributed by atoms with Gasteiger partial charge in [0.25, 0.3) is 0 Å². The van der Waals surface area contributed by atoms with Gasteiger partial charge in [0.1, 0.15) is 11.5 Å². The summed E-state index contributed by atoms with van der Waals surface area (Å²) in [5.41, 5.74) is 14.7. The van der Waals surface area contributed by atoms with Crippen molar-refractivity contribution in [3.63, 3.8) is 0 Å². The summed E-state index contributed by atoms with van der Waals surface area (Å²) in [7, 11) is 0. The second kappa shape index (κ2) is 12.5. The topological polar surface area (TPSA) is 12.5 Å². The van der Waals surface area contributed by atoms with Crippen molar-refractivity contribution in [2.75, 3.05) is 4.90 Å². The van der Waals surface area contributed by atoms with E-state index >= 15 is 0 Å². The summed E-state index contributed by atoms with van der Waals surface area (Å²) in [5.74, 6) is 5.16. The monoisotopic (exact) mass is 731 g/mol. The Bertz CT molecular complexity index is 2440. The number of fused-ring (bicyclic) bond motifs is 3. The van der Waals surface area contributed by atoms with Gasteiger partial charge in [-0.2, -0.15) is 0 Å². The first-order valence-corrected chi connectivity index (χ1v) is 21.3. The predicted molar refractivity (Wildman–Crippen MR) is 232 cm³/mol. The van der Waals surface area contributed by atoms with Crippen LogP contribution in [0.1, 0.15) is 94.9 Å². The third-order valence-electron chi connectivity index (χ3n) is 15.2. The van der Waals surface area contributed by atoms with Gasteiger partial charge in [0, 0.05) is 33.5 Å². The maximum Gasteiger partial charge on any atom is 0.131 e. The molecule has 4 fully saturated rings. The highest BCUT2D eigenvalue weighted by Crippen LogP contribution is 2.69. The predicted octanol–water partition coefficient (Wildman–Crippen LogP) is 14.7. The van der Waals surface area contributed by atoms with Crippen molar-refractivity contribution in [2.45, 2.75) is 88.9 Å². The van der Waals surface area contributed by atoms with E-state index in [1.165, 1.54) is 101 Å². The number of rotatable bonds is 5. The van der Waals surface area contributed by atoms with E-state index in [4.69, 9.17) is 4.74 Å². The molecule has 0 radical (unpaired) electrons. The zero-order valence-electron chi connectivity index (χ0n) is 33.4. The maximum absolute atomic E-state index is 6.88. The third kappa shape index (κ3) is 5.13. The Balaban J connectivity index is 1.11. The van der Waals surface area contributed by atoms with Gasteiger partial charge in [-0.25, -0.2) is 0 Å². The van der Waals surface area contributed by atoms with E-state index in [-0.39, 0.29) is 16.2 Å². The molecule has 280 valence electrons. The zero-order chi connectivity index (χ0) is 37.8. The van der Waals surface area contributed by atoms with Crippen molar-refractivity contribution >= 4 is 17.1 Å². The Morgan fingerprint density at radius 1 is 0.464 bits per heavy atom. The normalized spacial score (nSPS) is 25.9. The highest BCUT2D eigenvalue weighted by Gasteiger charge is 2.61. The van der Waals surface area contributed by atoms with Crippen LogP contribution in [0.5, 0.6) is 11.5 Å². The Kier molecular flexibility index (Phi) is 7.61. The van der Waals surface area contributed by atoms with Crippen molar-refractivity contribution in [2.24, 2.45) is 23.7 Å². The minimum atomic E-state index is -0.0210. The summed E-state index contributed by atoms with van der Waals surface area (Å²) in [6.07, 6.45) is 9.20. The molecule has 4 saturated carbocycles. The molecule has 0 unspecified atom stereocenters. The highest BCUT2D eigenvalue weighted by molar-refractivity contribution is 5.89. The molecule has 2 nitrogen and oxygen atoms in total. The molecule has 0 saturated heterocycles. The van der Waals surface area contributed by atoms with Gasteiger partial charge < -0.3 is 9.64 Å². The van der Waals surface area contributed by atoms with Gasteiger partial charge in [-0.3, -0.25) is 0 Å². The molecule has 1 spiro atoms. The first-order chi connectivity index (χ1) is 27.2. The van der Waals surface area contributed by atoms with E-state index in [1.54, 1.807) is 0 Å². The zero-order valence-corrected chi connectivity index (χ0v) is 33.4. The Morgan fingerprint density at radius 3 is 1.80 bits per heavy atom. The maximum atomic E-state index is 6.88. The van der Waals surface area contributed by atoms with E-state index in [0.29, 0.717) is 11.8 Å². The standard InChI is InChI=1S/C54H53NO/c1-52(2)26-27-53(3,4)47-33-39(20-24-45(47)52)44-14-8-10-16-49(44)55(42-21-18-38(19-22-42)37-12-6-5-7-13-37)43-23-25-51-48(34-43)54(46-15-9-11-17-50(46)56-51)40-29-35-28-36(31-40)32-41(54)30-35/h5-25,33-36,40-41H,26-32H2,1-4H3. The average Bonchev–Trinajstić information content (AvgIpc) is 3.22. The van der Waals surface area contributed by atoms with Crippen LogP contribution < -0.4 is 9.64 Å². The Hall–Kier alpha value is -5.08. The SMILES string of the molecule is CC1(C)CCC(C)(C)c2cc(-c3ccccc3N(c3ccc(-c4ccccc4)cc3)c3ccc4c(c3)C3(c5ccccc5O4)C4CC5CC(C4)CC3C5)ccc21. The van der Waals surface area contributed by atoms with Gasteiger partial charge >= 0.3 is 0 Å². The number of nitrogens with zero attached hydrogens (tertiary/aromatic N) is 1. The smallest absolute Gasteiger partial charge is 0.131 e. The number of para-hydroxylation sites is 2. The number of ether oxygens (including phenoxy) is 1.